The molecule has 0 aliphatic heterocycles. The van der Waals surface area contributed by atoms with Crippen LogP contribution in [0.25, 0.3) is 0 Å². The summed E-state index contributed by atoms with van der Waals surface area (Å²) in [6.45, 7) is 6.77. The predicted molar refractivity (Wildman–Crippen MR) is 40.2 cm³/mol. The number of nitrogens with zero attached hydrogens (tertiary/aromatic N) is 1. The van der Waals surface area contributed by atoms with E-state index in [1.807, 2.05) is 0 Å². The highest BCUT2D eigenvalue weighted by Gasteiger charge is 1.89. The molecular weight excluding hydrogens is 130 g/mol. The van der Waals surface area contributed by atoms with Gasteiger partial charge in [-0.25, -0.2) is 0 Å². The fourth-order valence-corrected chi connectivity index (χ4v) is 0.392. The maximum Gasteiger partial charge on any atom is 0.120 e. The third-order valence-electron chi connectivity index (χ3n) is 0.863. The van der Waals surface area contributed by atoms with Gasteiger partial charge in [-0.1, -0.05) is 13.2 Å². The number of nitroso groups, excluding NO2 is 1. The summed E-state index contributed by atoms with van der Waals surface area (Å²) in [4.78, 5) is 9.79. The Morgan fingerprint density at radius 1 is 1.70 bits per heavy atom. The van der Waals surface area contributed by atoms with Crippen LogP contribution in [-0.2, 0) is 4.74 Å². The molecule has 0 aromatic rings. The Bertz CT molecular complexity index is 182. The van der Waals surface area contributed by atoms with E-state index in [4.69, 9.17) is 4.74 Å². The van der Waals surface area contributed by atoms with Crippen molar-refractivity contribution < 1.29 is 4.74 Å². The number of hydrogen-bond donors (Lipinski definition) is 0. The second kappa shape index (κ2) is 4.49. The maximum absolute atomic E-state index is 9.79. The summed E-state index contributed by atoms with van der Waals surface area (Å²) in [5, 5.41) is 2.58. The van der Waals surface area contributed by atoms with E-state index in [0.29, 0.717) is 5.76 Å². The first-order valence-electron chi connectivity index (χ1n) is 2.65. The first-order chi connectivity index (χ1) is 4.74. The van der Waals surface area contributed by atoms with E-state index in [1.165, 1.54) is 19.3 Å². The van der Waals surface area contributed by atoms with E-state index in [1.54, 1.807) is 0 Å². The van der Waals surface area contributed by atoms with Gasteiger partial charge in [-0.3, -0.25) is 0 Å². The van der Waals surface area contributed by atoms with Crippen LogP contribution in [0.4, 0.5) is 0 Å². The van der Waals surface area contributed by atoms with Crippen LogP contribution < -0.4 is 0 Å². The second-order valence-electron chi connectivity index (χ2n) is 1.54. The Balaban J connectivity index is 4.23. The van der Waals surface area contributed by atoms with Crippen molar-refractivity contribution in [1.29, 1.82) is 0 Å². The van der Waals surface area contributed by atoms with Crippen LogP contribution in [-0.4, -0.2) is 7.11 Å². The Morgan fingerprint density at radius 3 is 2.60 bits per heavy atom. The fourth-order valence-electron chi connectivity index (χ4n) is 0.392. The average molecular weight is 139 g/mol. The normalized spacial score (nSPS) is 10.3. The largest absolute Gasteiger partial charge is 0.497 e. The van der Waals surface area contributed by atoms with Crippen molar-refractivity contribution in [3.8, 4) is 0 Å². The van der Waals surface area contributed by atoms with Crippen LogP contribution >= 0.6 is 0 Å². The summed E-state index contributed by atoms with van der Waals surface area (Å²) < 4.78 is 4.76. The van der Waals surface area contributed by atoms with Crippen molar-refractivity contribution >= 4 is 0 Å². The Hall–Kier alpha value is -1.38. The monoisotopic (exact) mass is 139 g/mol. The molecule has 0 aromatic heterocycles. The summed E-state index contributed by atoms with van der Waals surface area (Å²) in [5.74, 6) is 0.476. The molecule has 0 radical (unpaired) electrons. The van der Waals surface area contributed by atoms with Crippen molar-refractivity contribution in [3.63, 3.8) is 0 Å². The molecule has 0 saturated heterocycles. The van der Waals surface area contributed by atoms with Crippen LogP contribution in [0.2, 0.25) is 0 Å². The van der Waals surface area contributed by atoms with Gasteiger partial charge in [0.25, 0.3) is 0 Å². The number of allylic oxidation sites excluding steroid dienone is 2. The van der Waals surface area contributed by atoms with Gasteiger partial charge in [0.2, 0.25) is 0 Å². The molecule has 3 nitrogen and oxygen atoms in total. The van der Waals surface area contributed by atoms with Gasteiger partial charge in [-0.05, 0) is 11.3 Å². The highest BCUT2D eigenvalue weighted by Crippen LogP contribution is 2.02. The molecule has 0 aliphatic carbocycles. The molecule has 0 aromatic carbocycles. The second-order valence-corrected chi connectivity index (χ2v) is 1.54. The molecule has 0 heterocycles. The van der Waals surface area contributed by atoms with Crippen LogP contribution in [0.5, 0.6) is 0 Å². The van der Waals surface area contributed by atoms with E-state index in [-0.39, 0.29) is 5.70 Å². The third kappa shape index (κ3) is 2.81. The number of rotatable bonds is 4. The zero-order valence-electron chi connectivity index (χ0n) is 5.83. The van der Waals surface area contributed by atoms with Crippen LogP contribution in [0, 0.1) is 4.91 Å². The minimum absolute atomic E-state index is 0.122. The first-order valence-corrected chi connectivity index (χ1v) is 2.65. The highest BCUT2D eigenvalue weighted by atomic mass is 16.5. The van der Waals surface area contributed by atoms with Gasteiger partial charge in [-0.2, -0.15) is 0 Å². The molecule has 3 heteroatoms. The lowest BCUT2D eigenvalue weighted by atomic mass is 10.4. The molecule has 10 heavy (non-hydrogen) atoms. The highest BCUT2D eigenvalue weighted by molar-refractivity contribution is 5.21. The SMILES string of the molecule is C=CC(=CC(=C)N=O)OC. The molecule has 0 atom stereocenters. The quantitative estimate of drug-likeness (QED) is 0.339. The Labute approximate surface area is 59.7 Å². The van der Waals surface area contributed by atoms with Gasteiger partial charge in [0.1, 0.15) is 11.5 Å². The summed E-state index contributed by atoms with van der Waals surface area (Å²) in [7, 11) is 1.48. The maximum atomic E-state index is 9.79. The molecule has 0 unspecified atom stereocenters. The third-order valence-corrected chi connectivity index (χ3v) is 0.863. The first kappa shape index (κ1) is 8.62. The van der Waals surface area contributed by atoms with Crippen molar-refractivity contribution in [1.82, 2.24) is 0 Å². The number of ether oxygens (including phenoxy) is 1. The molecule has 54 valence electrons. The number of methoxy groups -OCH3 is 1. The summed E-state index contributed by atoms with van der Waals surface area (Å²) >= 11 is 0. The van der Waals surface area contributed by atoms with E-state index >= 15 is 0 Å². The van der Waals surface area contributed by atoms with E-state index in [0.717, 1.165) is 0 Å². The van der Waals surface area contributed by atoms with Gasteiger partial charge in [0.15, 0.2) is 0 Å². The molecule has 0 rings (SSSR count). The van der Waals surface area contributed by atoms with Crippen LogP contribution in [0.3, 0.4) is 0 Å². The number of hydrogen-bond acceptors (Lipinski definition) is 3. The van der Waals surface area contributed by atoms with Gasteiger partial charge in [0.05, 0.1) is 7.11 Å². The van der Waals surface area contributed by atoms with Crippen molar-refractivity contribution in [2.45, 2.75) is 0 Å². The fraction of sp³-hybridized carbons (Fsp3) is 0.143. The molecule has 0 aliphatic rings. The van der Waals surface area contributed by atoms with Crippen molar-refractivity contribution in [2.75, 3.05) is 7.11 Å². The van der Waals surface area contributed by atoms with E-state index < -0.39 is 0 Å². The lowest BCUT2D eigenvalue weighted by Gasteiger charge is -1.96. The molecule has 0 N–H and O–H groups in total. The Morgan fingerprint density at radius 2 is 2.30 bits per heavy atom. The van der Waals surface area contributed by atoms with Gasteiger partial charge >= 0.3 is 0 Å². The van der Waals surface area contributed by atoms with Crippen LogP contribution in [0.1, 0.15) is 0 Å². The topological polar surface area (TPSA) is 38.7 Å². The zero-order valence-corrected chi connectivity index (χ0v) is 5.83. The van der Waals surface area contributed by atoms with Crippen LogP contribution in [0.15, 0.2) is 41.9 Å². The molecule has 0 spiro atoms. The van der Waals surface area contributed by atoms with E-state index in [9.17, 15) is 4.91 Å². The molecule has 0 fully saturated rings. The minimum Gasteiger partial charge on any atom is -0.497 e. The minimum atomic E-state index is 0.122. The standard InChI is InChI=1S/C7H9NO2/c1-4-7(10-3)5-6(2)8-9/h4-5H,1-2H2,3H3. The van der Waals surface area contributed by atoms with Gasteiger partial charge < -0.3 is 4.74 Å². The molecule has 0 bridgehead atoms. The van der Waals surface area contributed by atoms with Crippen molar-refractivity contribution in [2.24, 2.45) is 5.18 Å². The lowest BCUT2D eigenvalue weighted by molar-refractivity contribution is 0.307. The zero-order chi connectivity index (χ0) is 7.98. The van der Waals surface area contributed by atoms with E-state index in [2.05, 4.69) is 18.3 Å². The Kier molecular flexibility index (Phi) is 3.87. The lowest BCUT2D eigenvalue weighted by Crippen LogP contribution is -1.80. The molecular formula is C7H9NO2. The van der Waals surface area contributed by atoms with Crippen molar-refractivity contribution in [3.05, 3.63) is 41.7 Å². The summed E-state index contributed by atoms with van der Waals surface area (Å²) in [5.41, 5.74) is 0.122. The summed E-state index contributed by atoms with van der Waals surface area (Å²) in [6.07, 6.45) is 2.87. The average Bonchev–Trinajstić information content (AvgIpc) is 1.99. The van der Waals surface area contributed by atoms with Gasteiger partial charge in [-0.15, -0.1) is 4.91 Å². The predicted octanol–water partition coefficient (Wildman–Crippen LogP) is 1.98. The molecule has 0 amide bonds. The molecule has 0 saturated carbocycles. The van der Waals surface area contributed by atoms with Gasteiger partial charge in [0, 0.05) is 6.08 Å². The summed E-state index contributed by atoms with van der Waals surface area (Å²) in [6, 6.07) is 0. The smallest absolute Gasteiger partial charge is 0.120 e.